The lowest BCUT2D eigenvalue weighted by atomic mass is 9.82. The van der Waals surface area contributed by atoms with Crippen LogP contribution in [-0.4, -0.2) is 26.1 Å². The van der Waals surface area contributed by atoms with E-state index in [1.54, 1.807) is 0 Å². The highest BCUT2D eigenvalue weighted by atomic mass is 15.2. The Morgan fingerprint density at radius 2 is 2.12 bits per heavy atom. The number of aliphatic imine (C=N–C) groups is 1. The summed E-state index contributed by atoms with van der Waals surface area (Å²) in [5.41, 5.74) is 0. The van der Waals surface area contributed by atoms with Gasteiger partial charge < -0.3 is 10.6 Å². The van der Waals surface area contributed by atoms with Gasteiger partial charge in [-0.05, 0) is 31.1 Å². The van der Waals surface area contributed by atoms with Crippen molar-refractivity contribution in [3.05, 3.63) is 0 Å². The van der Waals surface area contributed by atoms with Crippen molar-refractivity contribution in [2.24, 2.45) is 16.8 Å². The largest absolute Gasteiger partial charge is 0.356 e. The van der Waals surface area contributed by atoms with Gasteiger partial charge in [0.15, 0.2) is 5.96 Å². The summed E-state index contributed by atoms with van der Waals surface area (Å²) in [4.78, 5) is 4.22. The van der Waals surface area contributed by atoms with Crippen molar-refractivity contribution in [1.29, 1.82) is 0 Å². The third kappa shape index (κ3) is 4.86. The lowest BCUT2D eigenvalue weighted by Gasteiger charge is -2.27. The lowest BCUT2D eigenvalue weighted by molar-refractivity contribution is 0.282. The molecule has 0 saturated heterocycles. The number of nitrogens with zero attached hydrogens (tertiary/aromatic N) is 1. The van der Waals surface area contributed by atoms with Crippen molar-refractivity contribution >= 4 is 5.96 Å². The van der Waals surface area contributed by atoms with Gasteiger partial charge in [-0.15, -0.1) is 0 Å². The highest BCUT2D eigenvalue weighted by Gasteiger charge is 2.18. The number of hydrogen-bond acceptors (Lipinski definition) is 1. The third-order valence-electron chi connectivity index (χ3n) is 3.37. The van der Waals surface area contributed by atoms with Gasteiger partial charge in [0.25, 0.3) is 0 Å². The monoisotopic (exact) mass is 225 g/mol. The average molecular weight is 225 g/mol. The molecule has 0 radical (unpaired) electrons. The molecule has 3 heteroatoms. The summed E-state index contributed by atoms with van der Waals surface area (Å²) < 4.78 is 0. The summed E-state index contributed by atoms with van der Waals surface area (Å²) in [5.74, 6) is 2.70. The van der Waals surface area contributed by atoms with Crippen LogP contribution in [0.25, 0.3) is 0 Å². The maximum Gasteiger partial charge on any atom is 0.190 e. The Hall–Kier alpha value is -0.730. The van der Waals surface area contributed by atoms with Crippen LogP contribution in [0.4, 0.5) is 0 Å². The van der Waals surface area contributed by atoms with E-state index in [2.05, 4.69) is 29.5 Å². The zero-order valence-corrected chi connectivity index (χ0v) is 11.1. The van der Waals surface area contributed by atoms with E-state index in [4.69, 9.17) is 0 Å². The topological polar surface area (TPSA) is 36.4 Å². The first-order valence-electron chi connectivity index (χ1n) is 6.70. The first-order chi connectivity index (χ1) is 7.76. The zero-order valence-electron chi connectivity index (χ0n) is 11.1. The normalized spacial score (nSPS) is 26.6. The molecule has 0 aliphatic heterocycles. The van der Waals surface area contributed by atoms with Crippen LogP contribution in [0, 0.1) is 11.8 Å². The molecular formula is C13H27N3. The van der Waals surface area contributed by atoms with Gasteiger partial charge in [-0.2, -0.15) is 0 Å². The fourth-order valence-corrected chi connectivity index (χ4v) is 2.45. The van der Waals surface area contributed by atoms with Crippen LogP contribution >= 0.6 is 0 Å². The first-order valence-corrected chi connectivity index (χ1v) is 6.70. The molecule has 1 rings (SSSR count). The predicted octanol–water partition coefficient (Wildman–Crippen LogP) is 2.39. The molecule has 0 aromatic rings. The Balaban J connectivity index is 2.21. The molecule has 0 aromatic heterocycles. The van der Waals surface area contributed by atoms with Gasteiger partial charge in [0.2, 0.25) is 0 Å². The van der Waals surface area contributed by atoms with Crippen molar-refractivity contribution < 1.29 is 0 Å². The third-order valence-corrected chi connectivity index (χ3v) is 3.37. The van der Waals surface area contributed by atoms with Crippen LogP contribution in [0.2, 0.25) is 0 Å². The number of rotatable bonds is 4. The Morgan fingerprint density at radius 1 is 1.31 bits per heavy atom. The molecule has 16 heavy (non-hydrogen) atoms. The Bertz CT molecular complexity index is 213. The molecule has 1 aliphatic rings. The van der Waals surface area contributed by atoms with Crippen LogP contribution < -0.4 is 10.6 Å². The molecular weight excluding hydrogens is 198 g/mol. The Morgan fingerprint density at radius 3 is 2.75 bits per heavy atom. The Kier molecular flexibility index (Phi) is 6.27. The summed E-state index contributed by atoms with van der Waals surface area (Å²) >= 11 is 0. The van der Waals surface area contributed by atoms with Gasteiger partial charge in [-0.3, -0.25) is 4.99 Å². The van der Waals surface area contributed by atoms with E-state index in [0.29, 0.717) is 0 Å². The molecule has 1 aliphatic carbocycles. The minimum absolute atomic E-state index is 0.837. The summed E-state index contributed by atoms with van der Waals surface area (Å²) in [6, 6.07) is 0. The van der Waals surface area contributed by atoms with Gasteiger partial charge in [-0.1, -0.05) is 26.7 Å². The molecule has 2 atom stereocenters. The molecule has 94 valence electrons. The highest BCUT2D eigenvalue weighted by Crippen LogP contribution is 2.27. The molecule has 0 aromatic carbocycles. The van der Waals surface area contributed by atoms with E-state index >= 15 is 0 Å². The fraction of sp³-hybridized carbons (Fsp3) is 0.923. The quantitative estimate of drug-likeness (QED) is 0.569. The van der Waals surface area contributed by atoms with E-state index in [0.717, 1.165) is 37.3 Å². The molecule has 2 unspecified atom stereocenters. The molecule has 0 heterocycles. The van der Waals surface area contributed by atoms with Crippen molar-refractivity contribution in [3.63, 3.8) is 0 Å². The first kappa shape index (κ1) is 13.3. The predicted molar refractivity (Wildman–Crippen MR) is 70.8 cm³/mol. The SMILES string of the molecule is CCCNC(=NC)NCC1CCCC(C)C1. The number of nitrogens with one attached hydrogen (secondary N) is 2. The minimum Gasteiger partial charge on any atom is -0.356 e. The summed E-state index contributed by atoms with van der Waals surface area (Å²) in [7, 11) is 1.84. The highest BCUT2D eigenvalue weighted by molar-refractivity contribution is 5.79. The molecule has 1 fully saturated rings. The summed E-state index contributed by atoms with van der Waals surface area (Å²) in [6.07, 6.45) is 6.70. The van der Waals surface area contributed by atoms with Crippen molar-refractivity contribution in [1.82, 2.24) is 10.6 Å². The maximum atomic E-state index is 4.22. The fourth-order valence-electron chi connectivity index (χ4n) is 2.45. The Labute approximate surface area is 100 Å². The second-order valence-electron chi connectivity index (χ2n) is 5.02. The van der Waals surface area contributed by atoms with Crippen LogP contribution in [0.1, 0.15) is 46.0 Å². The van der Waals surface area contributed by atoms with Gasteiger partial charge >= 0.3 is 0 Å². The molecule has 2 N–H and O–H groups in total. The second kappa shape index (κ2) is 7.53. The molecule has 0 amide bonds. The van der Waals surface area contributed by atoms with Crippen molar-refractivity contribution in [2.45, 2.75) is 46.0 Å². The van der Waals surface area contributed by atoms with Gasteiger partial charge in [-0.25, -0.2) is 0 Å². The van der Waals surface area contributed by atoms with E-state index in [-0.39, 0.29) is 0 Å². The summed E-state index contributed by atoms with van der Waals surface area (Å²) in [6.45, 7) is 6.62. The smallest absolute Gasteiger partial charge is 0.190 e. The number of hydrogen-bond donors (Lipinski definition) is 2. The van der Waals surface area contributed by atoms with Crippen LogP contribution in [0.3, 0.4) is 0 Å². The van der Waals surface area contributed by atoms with E-state index in [1.807, 2.05) is 7.05 Å². The molecule has 1 saturated carbocycles. The average Bonchev–Trinajstić information content (AvgIpc) is 2.29. The van der Waals surface area contributed by atoms with Crippen molar-refractivity contribution in [3.8, 4) is 0 Å². The van der Waals surface area contributed by atoms with E-state index < -0.39 is 0 Å². The van der Waals surface area contributed by atoms with Gasteiger partial charge in [0, 0.05) is 20.1 Å². The van der Waals surface area contributed by atoms with E-state index in [9.17, 15) is 0 Å². The van der Waals surface area contributed by atoms with Crippen molar-refractivity contribution in [2.75, 3.05) is 20.1 Å². The van der Waals surface area contributed by atoms with Gasteiger partial charge in [0.1, 0.15) is 0 Å². The second-order valence-corrected chi connectivity index (χ2v) is 5.02. The lowest BCUT2D eigenvalue weighted by Crippen LogP contribution is -2.40. The minimum atomic E-state index is 0.837. The molecule has 0 spiro atoms. The number of guanidine groups is 1. The van der Waals surface area contributed by atoms with Crippen LogP contribution in [-0.2, 0) is 0 Å². The van der Waals surface area contributed by atoms with Crippen LogP contribution in [0.15, 0.2) is 4.99 Å². The molecule has 0 bridgehead atoms. The molecule has 3 nitrogen and oxygen atoms in total. The standard InChI is InChI=1S/C13H27N3/c1-4-8-15-13(14-3)16-10-12-7-5-6-11(2)9-12/h11-12H,4-10H2,1-3H3,(H2,14,15,16). The summed E-state index contributed by atoms with van der Waals surface area (Å²) in [5, 5.41) is 6.74. The van der Waals surface area contributed by atoms with Gasteiger partial charge in [0.05, 0.1) is 0 Å². The van der Waals surface area contributed by atoms with E-state index in [1.165, 1.54) is 25.7 Å². The van der Waals surface area contributed by atoms with Crippen LogP contribution in [0.5, 0.6) is 0 Å². The maximum absolute atomic E-state index is 4.22. The zero-order chi connectivity index (χ0) is 11.8.